The van der Waals surface area contributed by atoms with E-state index in [-0.39, 0.29) is 17.2 Å². The maximum absolute atomic E-state index is 12.5. The van der Waals surface area contributed by atoms with E-state index in [0.29, 0.717) is 26.2 Å². The molecule has 6 rings (SSSR count). The molecule has 3 aromatic carbocycles. The number of hydrogen-bond acceptors (Lipinski definition) is 7. The Labute approximate surface area is 265 Å². The number of aryl methyl sites for hydroxylation is 1. The van der Waals surface area contributed by atoms with Gasteiger partial charge in [0.2, 0.25) is 0 Å². The molecule has 4 aromatic rings. The number of para-hydroxylation sites is 3. The van der Waals surface area contributed by atoms with Gasteiger partial charge in [-0.1, -0.05) is 67.1 Å². The van der Waals surface area contributed by atoms with E-state index in [1.54, 1.807) is 0 Å². The summed E-state index contributed by atoms with van der Waals surface area (Å²) in [6.45, 7) is 5.20. The van der Waals surface area contributed by atoms with Crippen LogP contribution in [0.4, 0.5) is 5.69 Å². The minimum Gasteiger partial charge on any atom is -0.461 e. The predicted molar refractivity (Wildman–Crippen MR) is 177 cm³/mol. The first-order valence-electron chi connectivity index (χ1n) is 16.4. The maximum atomic E-state index is 12.5. The zero-order valence-corrected chi connectivity index (χ0v) is 26.0. The average Bonchev–Trinajstić information content (AvgIpc) is 3.54. The summed E-state index contributed by atoms with van der Waals surface area (Å²) in [7, 11) is 0. The van der Waals surface area contributed by atoms with Gasteiger partial charge in [0.25, 0.3) is 0 Å². The second kappa shape index (κ2) is 14.5. The summed E-state index contributed by atoms with van der Waals surface area (Å²) in [6.07, 6.45) is 5.12. The lowest BCUT2D eigenvalue weighted by Gasteiger charge is -2.47. The van der Waals surface area contributed by atoms with Gasteiger partial charge in [-0.05, 0) is 68.5 Å². The molecule has 1 aromatic heterocycles. The van der Waals surface area contributed by atoms with Crippen LogP contribution in [0, 0.1) is 0 Å². The van der Waals surface area contributed by atoms with Crippen LogP contribution in [0.3, 0.4) is 0 Å². The lowest BCUT2D eigenvalue weighted by molar-refractivity contribution is -0.145. The minimum atomic E-state index is -0.555. The number of ether oxygens (including phenoxy) is 1. The molecule has 0 aliphatic carbocycles. The maximum Gasteiger partial charge on any atom is 0.326 e. The van der Waals surface area contributed by atoms with Gasteiger partial charge in [-0.25, -0.2) is 4.79 Å². The Hall–Kier alpha value is -3.92. The molecule has 2 fully saturated rings. The number of likely N-dealkylation sites (tertiary alicyclic amines) is 1. The number of unbranched alkanes of at least 4 members (excludes halogenated alkanes) is 2. The molecule has 1 atom stereocenters. The van der Waals surface area contributed by atoms with Crippen LogP contribution in [-0.4, -0.2) is 75.0 Å². The molecule has 1 spiro atoms. The number of aromatic amines is 1. The molecule has 238 valence electrons. The molecule has 0 amide bonds. The Morgan fingerprint density at radius 3 is 2.33 bits per heavy atom. The summed E-state index contributed by atoms with van der Waals surface area (Å²) >= 11 is 0. The fraction of sp³-hybridized carbons (Fsp3) is 0.444. The molecule has 0 saturated carbocycles. The van der Waals surface area contributed by atoms with Crippen molar-refractivity contribution in [2.24, 2.45) is 0 Å². The molecule has 0 radical (unpaired) electrons. The number of nitrogens with one attached hydrogen (secondary N) is 1. The molecule has 1 unspecified atom stereocenters. The average molecular weight is 612 g/mol. The fourth-order valence-corrected chi connectivity index (χ4v) is 7.06. The number of fused-ring (bicyclic) bond motifs is 1. The SMILES string of the molecule is O=C(CCCCCN1CN(c2ccccc2)C2(CCN(CCCn3c(=O)[nH]c4ccccc43)CC2)C1O)OCc1ccccc1. The number of nitrogens with zero attached hydrogens (tertiary/aromatic N) is 4. The molecule has 45 heavy (non-hydrogen) atoms. The second-order valence-corrected chi connectivity index (χ2v) is 12.4. The molecule has 9 nitrogen and oxygen atoms in total. The molecule has 2 N–H and O–H groups in total. The monoisotopic (exact) mass is 611 g/mol. The van der Waals surface area contributed by atoms with Crippen molar-refractivity contribution in [2.45, 2.75) is 69.9 Å². The highest BCUT2D eigenvalue weighted by atomic mass is 16.5. The largest absolute Gasteiger partial charge is 0.461 e. The number of piperidine rings is 1. The first-order chi connectivity index (χ1) is 22.0. The lowest BCUT2D eigenvalue weighted by atomic mass is 9.84. The van der Waals surface area contributed by atoms with Crippen LogP contribution in [0.25, 0.3) is 11.0 Å². The van der Waals surface area contributed by atoms with E-state index in [2.05, 4.69) is 43.9 Å². The third-order valence-corrected chi connectivity index (χ3v) is 9.58. The van der Waals surface area contributed by atoms with Crippen molar-refractivity contribution in [3.05, 3.63) is 101 Å². The van der Waals surface area contributed by atoms with E-state index in [0.717, 1.165) is 87.0 Å². The van der Waals surface area contributed by atoms with Gasteiger partial charge in [-0.3, -0.25) is 14.3 Å². The summed E-state index contributed by atoms with van der Waals surface area (Å²) < 4.78 is 7.26. The molecule has 0 bridgehead atoms. The quantitative estimate of drug-likeness (QED) is 0.163. The summed E-state index contributed by atoms with van der Waals surface area (Å²) in [5.41, 5.74) is 3.59. The van der Waals surface area contributed by atoms with Crippen LogP contribution in [0.2, 0.25) is 0 Å². The van der Waals surface area contributed by atoms with E-state index in [9.17, 15) is 14.7 Å². The Morgan fingerprint density at radius 1 is 0.844 bits per heavy atom. The van der Waals surface area contributed by atoms with Crippen molar-refractivity contribution >= 4 is 22.7 Å². The van der Waals surface area contributed by atoms with Crippen molar-refractivity contribution in [3.63, 3.8) is 0 Å². The van der Waals surface area contributed by atoms with Crippen LogP contribution in [-0.2, 0) is 22.7 Å². The normalized spacial score (nSPS) is 18.6. The summed E-state index contributed by atoms with van der Waals surface area (Å²) in [5, 5.41) is 11.8. The van der Waals surface area contributed by atoms with Gasteiger partial charge in [0.15, 0.2) is 0 Å². The minimum absolute atomic E-state index is 0.0514. The van der Waals surface area contributed by atoms with Crippen molar-refractivity contribution in [1.29, 1.82) is 0 Å². The zero-order chi connectivity index (χ0) is 31.1. The fourth-order valence-electron chi connectivity index (χ4n) is 7.06. The van der Waals surface area contributed by atoms with Crippen molar-refractivity contribution in [2.75, 3.05) is 37.7 Å². The van der Waals surface area contributed by atoms with Crippen LogP contribution in [0.15, 0.2) is 89.7 Å². The van der Waals surface area contributed by atoms with E-state index >= 15 is 0 Å². The third-order valence-electron chi connectivity index (χ3n) is 9.58. The molecule has 2 saturated heterocycles. The topological polar surface area (TPSA) is 94.0 Å². The summed E-state index contributed by atoms with van der Waals surface area (Å²) in [4.78, 5) is 34.7. The smallest absolute Gasteiger partial charge is 0.326 e. The van der Waals surface area contributed by atoms with E-state index < -0.39 is 6.23 Å². The summed E-state index contributed by atoms with van der Waals surface area (Å²) in [5.74, 6) is -0.158. The Morgan fingerprint density at radius 2 is 1.56 bits per heavy atom. The molecular weight excluding hydrogens is 566 g/mol. The number of aliphatic hydroxyl groups excluding tert-OH is 1. The number of imidazole rings is 1. The predicted octanol–water partition coefficient (Wildman–Crippen LogP) is 4.96. The number of carbonyl (C=O) groups is 1. The van der Waals surface area contributed by atoms with Crippen LogP contribution < -0.4 is 10.6 Å². The number of benzene rings is 3. The van der Waals surface area contributed by atoms with Gasteiger partial charge < -0.3 is 24.6 Å². The van der Waals surface area contributed by atoms with Crippen LogP contribution in [0.1, 0.15) is 50.5 Å². The number of esters is 1. The Balaban J connectivity index is 0.992. The van der Waals surface area contributed by atoms with Gasteiger partial charge in [-0.15, -0.1) is 0 Å². The van der Waals surface area contributed by atoms with E-state index in [1.807, 2.05) is 65.2 Å². The summed E-state index contributed by atoms with van der Waals surface area (Å²) in [6, 6.07) is 28.0. The Bertz CT molecular complexity index is 1580. The van der Waals surface area contributed by atoms with Crippen molar-refractivity contribution in [1.82, 2.24) is 19.4 Å². The van der Waals surface area contributed by atoms with Crippen molar-refractivity contribution < 1.29 is 14.6 Å². The number of H-pyrrole nitrogens is 1. The molecule has 9 heteroatoms. The third kappa shape index (κ3) is 7.16. The van der Waals surface area contributed by atoms with Crippen LogP contribution in [0.5, 0.6) is 0 Å². The number of carbonyl (C=O) groups excluding carboxylic acids is 1. The van der Waals surface area contributed by atoms with Gasteiger partial charge in [0.1, 0.15) is 12.8 Å². The van der Waals surface area contributed by atoms with Gasteiger partial charge in [0.05, 0.1) is 23.2 Å². The van der Waals surface area contributed by atoms with Gasteiger partial charge in [-0.2, -0.15) is 0 Å². The van der Waals surface area contributed by atoms with Gasteiger partial charge >= 0.3 is 11.7 Å². The molecular formula is C36H45N5O4. The molecule has 2 aliphatic heterocycles. The lowest BCUT2D eigenvalue weighted by Crippen LogP contribution is -2.58. The van der Waals surface area contributed by atoms with Gasteiger partial charge in [0, 0.05) is 38.3 Å². The highest BCUT2D eigenvalue weighted by molar-refractivity contribution is 5.74. The highest BCUT2D eigenvalue weighted by Crippen LogP contribution is 2.42. The van der Waals surface area contributed by atoms with Crippen molar-refractivity contribution in [3.8, 4) is 0 Å². The molecule has 3 heterocycles. The first-order valence-corrected chi connectivity index (χ1v) is 16.4. The standard InChI is InChI=1S/C36H45N5O4/c42-33(45-27-29-13-4-1-5-14-29)19-8-3-11-23-39-28-41(30-15-6-2-7-16-30)36(34(39)43)20-25-38(26-21-36)22-12-24-40-32-18-10-9-17-31(32)37-35(40)44/h1-2,4-7,9-10,13-18,34,43H,3,8,11-12,19-28H2,(H,37,44). The van der Waals surface area contributed by atoms with E-state index in [4.69, 9.17) is 4.74 Å². The number of aliphatic hydroxyl groups is 1. The van der Waals surface area contributed by atoms with Crippen LogP contribution >= 0.6 is 0 Å². The highest BCUT2D eigenvalue weighted by Gasteiger charge is 2.53. The number of rotatable bonds is 13. The second-order valence-electron chi connectivity index (χ2n) is 12.4. The number of aromatic nitrogens is 2. The Kier molecular flexibility index (Phi) is 9.98. The van der Waals surface area contributed by atoms with E-state index in [1.165, 1.54) is 0 Å². The number of hydrogen-bond donors (Lipinski definition) is 2. The zero-order valence-electron chi connectivity index (χ0n) is 26.0. The molecule has 2 aliphatic rings. The number of anilines is 1. The first kappa shape index (κ1) is 31.1.